The molecule has 0 fully saturated rings. The van der Waals surface area contributed by atoms with Crippen LogP contribution in [0.15, 0.2) is 78.5 Å². The molecule has 0 aliphatic heterocycles. The Balaban J connectivity index is 2.17. The van der Waals surface area contributed by atoms with Gasteiger partial charge in [0.05, 0.1) is 0 Å². The van der Waals surface area contributed by atoms with Crippen molar-refractivity contribution in [3.05, 3.63) is 89.6 Å². The van der Waals surface area contributed by atoms with E-state index in [4.69, 9.17) is 0 Å². The highest BCUT2D eigenvalue weighted by molar-refractivity contribution is 6.03. The fourth-order valence-electron chi connectivity index (χ4n) is 2.12. The topological polar surface area (TPSA) is 58.2 Å². The highest BCUT2D eigenvalue weighted by atomic mass is 16.2. The third-order valence-electron chi connectivity index (χ3n) is 3.30. The molecule has 2 amide bonds. The molecule has 2 aromatic rings. The normalized spacial score (nSPS) is 11.6. The maximum absolute atomic E-state index is 12.3. The largest absolute Gasteiger partial charge is 0.349 e. The average molecular weight is 334 g/mol. The van der Waals surface area contributed by atoms with E-state index in [1.54, 1.807) is 36.4 Å². The molecule has 0 bridgehead atoms. The number of benzene rings is 2. The Kier molecular flexibility index (Phi) is 6.72. The Morgan fingerprint density at radius 2 is 1.52 bits per heavy atom. The van der Waals surface area contributed by atoms with Crippen LogP contribution in [0, 0.1) is 0 Å². The summed E-state index contributed by atoms with van der Waals surface area (Å²) in [6.07, 6.45) is 5.22. The van der Waals surface area contributed by atoms with Crippen LogP contribution < -0.4 is 10.6 Å². The van der Waals surface area contributed by atoms with Crippen LogP contribution in [-0.4, -0.2) is 17.9 Å². The Morgan fingerprint density at radius 1 is 0.920 bits per heavy atom. The summed E-state index contributed by atoms with van der Waals surface area (Å²) in [4.78, 5) is 24.7. The van der Waals surface area contributed by atoms with Crippen LogP contribution in [0.3, 0.4) is 0 Å². The van der Waals surface area contributed by atoms with Gasteiger partial charge in [0.25, 0.3) is 11.8 Å². The van der Waals surface area contributed by atoms with Gasteiger partial charge in [-0.25, -0.2) is 0 Å². The van der Waals surface area contributed by atoms with E-state index in [0.717, 1.165) is 5.56 Å². The minimum Gasteiger partial charge on any atom is -0.349 e. The Labute approximate surface area is 148 Å². The van der Waals surface area contributed by atoms with E-state index < -0.39 is 0 Å². The van der Waals surface area contributed by atoms with Crippen LogP contribution in [0.5, 0.6) is 0 Å². The summed E-state index contributed by atoms with van der Waals surface area (Å²) in [5.41, 5.74) is 1.71. The maximum atomic E-state index is 12.3. The fraction of sp³-hybridized carbons (Fsp3) is 0.143. The first kappa shape index (κ1) is 18.2. The Hall–Kier alpha value is -3.14. The summed E-state index contributed by atoms with van der Waals surface area (Å²) in [5.74, 6) is -0.643. The van der Waals surface area contributed by atoms with Gasteiger partial charge < -0.3 is 10.6 Å². The lowest BCUT2D eigenvalue weighted by Crippen LogP contribution is -2.38. The molecule has 0 aliphatic carbocycles. The van der Waals surface area contributed by atoms with Gasteiger partial charge in [0.2, 0.25) is 0 Å². The number of nitrogens with one attached hydrogen (secondary N) is 2. The van der Waals surface area contributed by atoms with E-state index in [1.165, 1.54) is 0 Å². The highest BCUT2D eigenvalue weighted by Crippen LogP contribution is 2.04. The first-order valence-electron chi connectivity index (χ1n) is 8.17. The van der Waals surface area contributed by atoms with E-state index in [2.05, 4.69) is 10.6 Å². The molecule has 2 rings (SSSR count). The van der Waals surface area contributed by atoms with Crippen molar-refractivity contribution >= 4 is 17.9 Å². The lowest BCUT2D eigenvalue weighted by atomic mass is 10.2. The number of hydrogen-bond acceptors (Lipinski definition) is 2. The van der Waals surface area contributed by atoms with Crippen LogP contribution >= 0.6 is 0 Å². The van der Waals surface area contributed by atoms with Crippen molar-refractivity contribution in [1.29, 1.82) is 0 Å². The first-order valence-corrected chi connectivity index (χ1v) is 8.17. The molecular formula is C21H22N2O2. The SMILES string of the molecule is CC(C)NC(=O)/C(=C/C=C/c1ccccc1)NC(=O)c1ccccc1. The number of carbonyl (C=O) groups is 2. The average Bonchev–Trinajstić information content (AvgIpc) is 2.61. The van der Waals surface area contributed by atoms with Gasteiger partial charge in [-0.1, -0.05) is 60.7 Å². The second kappa shape index (κ2) is 9.23. The molecule has 0 heterocycles. The van der Waals surface area contributed by atoms with E-state index in [9.17, 15) is 9.59 Å². The molecule has 0 radical (unpaired) electrons. The van der Waals surface area contributed by atoms with E-state index in [0.29, 0.717) is 5.56 Å². The van der Waals surface area contributed by atoms with Crippen molar-refractivity contribution in [1.82, 2.24) is 10.6 Å². The number of amides is 2. The van der Waals surface area contributed by atoms with Crippen LogP contribution in [0.1, 0.15) is 29.8 Å². The third kappa shape index (κ3) is 6.11. The van der Waals surface area contributed by atoms with Crippen LogP contribution in [0.4, 0.5) is 0 Å². The molecule has 0 unspecified atom stereocenters. The number of carbonyl (C=O) groups excluding carboxylic acids is 2. The number of rotatable bonds is 6. The predicted molar refractivity (Wildman–Crippen MR) is 101 cm³/mol. The van der Waals surface area contributed by atoms with Gasteiger partial charge in [0.1, 0.15) is 5.70 Å². The molecule has 4 nitrogen and oxygen atoms in total. The molecule has 128 valence electrons. The summed E-state index contributed by atoms with van der Waals surface area (Å²) in [5, 5.41) is 5.48. The predicted octanol–water partition coefficient (Wildman–Crippen LogP) is 3.54. The smallest absolute Gasteiger partial charge is 0.267 e. The second-order valence-corrected chi connectivity index (χ2v) is 5.80. The molecule has 2 N–H and O–H groups in total. The van der Waals surface area contributed by atoms with Crippen molar-refractivity contribution < 1.29 is 9.59 Å². The summed E-state index contributed by atoms with van der Waals surface area (Å²) in [6, 6.07) is 18.5. The molecule has 0 saturated heterocycles. The van der Waals surface area contributed by atoms with Gasteiger partial charge in [0.15, 0.2) is 0 Å². The number of allylic oxidation sites excluding steroid dienone is 2. The summed E-state index contributed by atoms with van der Waals surface area (Å²) in [7, 11) is 0. The van der Waals surface area contributed by atoms with Crippen LogP contribution in [-0.2, 0) is 4.79 Å². The zero-order chi connectivity index (χ0) is 18.1. The third-order valence-corrected chi connectivity index (χ3v) is 3.30. The van der Waals surface area contributed by atoms with Crippen molar-refractivity contribution in [2.45, 2.75) is 19.9 Å². The highest BCUT2D eigenvalue weighted by Gasteiger charge is 2.14. The molecule has 0 atom stereocenters. The molecule has 25 heavy (non-hydrogen) atoms. The van der Waals surface area contributed by atoms with Crippen molar-refractivity contribution in [3.8, 4) is 0 Å². The van der Waals surface area contributed by atoms with E-state index in [-0.39, 0.29) is 23.6 Å². The quantitative estimate of drug-likeness (QED) is 0.627. The van der Waals surface area contributed by atoms with Gasteiger partial charge in [-0.05, 0) is 37.6 Å². The zero-order valence-electron chi connectivity index (χ0n) is 14.4. The lowest BCUT2D eigenvalue weighted by molar-refractivity contribution is -0.118. The van der Waals surface area contributed by atoms with E-state index >= 15 is 0 Å². The van der Waals surface area contributed by atoms with Gasteiger partial charge in [0, 0.05) is 11.6 Å². The van der Waals surface area contributed by atoms with Crippen LogP contribution in [0.25, 0.3) is 6.08 Å². The lowest BCUT2D eigenvalue weighted by Gasteiger charge is -2.12. The second-order valence-electron chi connectivity index (χ2n) is 5.80. The minimum atomic E-state index is -0.322. The maximum Gasteiger partial charge on any atom is 0.267 e. The summed E-state index contributed by atoms with van der Waals surface area (Å²) < 4.78 is 0. The van der Waals surface area contributed by atoms with Crippen molar-refractivity contribution in [3.63, 3.8) is 0 Å². The fourth-order valence-corrected chi connectivity index (χ4v) is 2.12. The monoisotopic (exact) mass is 334 g/mol. The van der Waals surface area contributed by atoms with Gasteiger partial charge in [-0.2, -0.15) is 0 Å². The Morgan fingerprint density at radius 3 is 2.12 bits per heavy atom. The van der Waals surface area contributed by atoms with Gasteiger partial charge in [-0.3, -0.25) is 9.59 Å². The summed E-state index contributed by atoms with van der Waals surface area (Å²) >= 11 is 0. The van der Waals surface area contributed by atoms with Gasteiger partial charge in [-0.15, -0.1) is 0 Å². The molecule has 2 aromatic carbocycles. The number of hydrogen-bond donors (Lipinski definition) is 2. The van der Waals surface area contributed by atoms with Crippen molar-refractivity contribution in [2.75, 3.05) is 0 Å². The molecule has 0 aromatic heterocycles. The molecule has 4 heteroatoms. The minimum absolute atomic E-state index is 0.0253. The molecule has 0 saturated carbocycles. The standard InChI is InChI=1S/C21H22N2O2/c1-16(2)22-21(25)19(15-9-12-17-10-5-3-6-11-17)23-20(24)18-13-7-4-8-14-18/h3-16H,1-2H3,(H,22,25)(H,23,24)/b12-9+,19-15-. The summed E-state index contributed by atoms with van der Waals surface area (Å²) in [6.45, 7) is 3.74. The van der Waals surface area contributed by atoms with Gasteiger partial charge >= 0.3 is 0 Å². The van der Waals surface area contributed by atoms with Crippen molar-refractivity contribution in [2.24, 2.45) is 0 Å². The molecule has 0 aliphatic rings. The first-order chi connectivity index (χ1) is 12.1. The molecule has 0 spiro atoms. The molecular weight excluding hydrogens is 312 g/mol. The van der Waals surface area contributed by atoms with E-state index in [1.807, 2.05) is 56.3 Å². The van der Waals surface area contributed by atoms with Crippen LogP contribution in [0.2, 0.25) is 0 Å². The Bertz CT molecular complexity index is 763. The zero-order valence-corrected chi connectivity index (χ0v) is 14.4.